The van der Waals surface area contributed by atoms with Gasteiger partial charge in [-0.3, -0.25) is 19.8 Å². The van der Waals surface area contributed by atoms with Gasteiger partial charge in [0, 0.05) is 6.04 Å². The van der Waals surface area contributed by atoms with Crippen molar-refractivity contribution in [1.29, 1.82) is 0 Å². The van der Waals surface area contributed by atoms with E-state index < -0.39 is 11.9 Å². The number of barbiturate groups is 1. The normalized spacial score (nSPS) is 32.6. The van der Waals surface area contributed by atoms with E-state index in [1.807, 2.05) is 6.92 Å². The molecule has 2 aliphatic rings. The van der Waals surface area contributed by atoms with Crippen LogP contribution in [-0.2, 0) is 9.59 Å². The summed E-state index contributed by atoms with van der Waals surface area (Å²) in [5.74, 6) is -0.503. The molecule has 2 unspecified atom stereocenters. The van der Waals surface area contributed by atoms with Crippen LogP contribution in [0.5, 0.6) is 0 Å². The molecule has 5 nitrogen and oxygen atoms in total. The van der Waals surface area contributed by atoms with Gasteiger partial charge in [-0.1, -0.05) is 6.92 Å². The van der Waals surface area contributed by atoms with E-state index in [9.17, 15) is 14.4 Å². The first-order valence-corrected chi connectivity index (χ1v) is 4.75. The van der Waals surface area contributed by atoms with E-state index in [-0.39, 0.29) is 18.4 Å². The maximum atomic E-state index is 11.4. The fraction of sp³-hybridized carbons (Fsp3) is 0.667. The minimum absolute atomic E-state index is 0.00407. The molecule has 0 spiro atoms. The Morgan fingerprint density at radius 1 is 1.29 bits per heavy atom. The summed E-state index contributed by atoms with van der Waals surface area (Å²) < 4.78 is 0. The summed E-state index contributed by atoms with van der Waals surface area (Å²) in [4.78, 5) is 34.9. The molecule has 5 heteroatoms. The highest BCUT2D eigenvalue weighted by Crippen LogP contribution is 2.32. The molecule has 1 saturated carbocycles. The molecule has 76 valence electrons. The van der Waals surface area contributed by atoms with Crippen molar-refractivity contribution >= 4 is 17.8 Å². The second kappa shape index (κ2) is 3.08. The van der Waals surface area contributed by atoms with Gasteiger partial charge in [-0.25, -0.2) is 4.79 Å². The number of nitrogens with one attached hydrogen (secondary N) is 1. The van der Waals surface area contributed by atoms with Crippen molar-refractivity contribution in [2.75, 3.05) is 0 Å². The molecule has 14 heavy (non-hydrogen) atoms. The van der Waals surface area contributed by atoms with Gasteiger partial charge in [0.15, 0.2) is 0 Å². The predicted octanol–water partition coefficient (Wildman–Crippen LogP) is 0.253. The number of rotatable bonds is 1. The molecule has 1 aliphatic carbocycles. The Balaban J connectivity index is 2.13. The van der Waals surface area contributed by atoms with Crippen molar-refractivity contribution < 1.29 is 14.4 Å². The summed E-state index contributed by atoms with van der Waals surface area (Å²) in [5, 5.41) is 2.16. The minimum atomic E-state index is -0.553. The van der Waals surface area contributed by atoms with Crippen molar-refractivity contribution in [3.63, 3.8) is 0 Å². The number of urea groups is 1. The fourth-order valence-corrected chi connectivity index (χ4v) is 1.93. The largest absolute Gasteiger partial charge is 0.331 e. The summed E-state index contributed by atoms with van der Waals surface area (Å²) in [5.41, 5.74) is 0. The summed E-state index contributed by atoms with van der Waals surface area (Å²) >= 11 is 0. The maximum absolute atomic E-state index is 11.4. The zero-order valence-electron chi connectivity index (χ0n) is 7.95. The number of hydrogen-bond donors (Lipinski definition) is 1. The highest BCUT2D eigenvalue weighted by atomic mass is 16.2. The summed E-state index contributed by atoms with van der Waals surface area (Å²) in [6.07, 6.45) is 1.69. The van der Waals surface area contributed by atoms with E-state index in [2.05, 4.69) is 5.32 Å². The number of nitrogens with zero attached hydrogens (tertiary/aromatic N) is 1. The molecule has 1 N–H and O–H groups in total. The average Bonchev–Trinajstić information content (AvgIpc) is 2.08. The Hall–Kier alpha value is -1.39. The van der Waals surface area contributed by atoms with Crippen LogP contribution in [0.4, 0.5) is 4.79 Å². The van der Waals surface area contributed by atoms with Gasteiger partial charge in [-0.2, -0.15) is 0 Å². The Kier molecular flexibility index (Phi) is 2.02. The second-order valence-electron chi connectivity index (χ2n) is 3.92. The standard InChI is InChI=1S/C9H12N2O3/c1-5-2-3-6(5)11-8(13)4-7(12)10-9(11)14/h5-6H,2-4H2,1H3,(H,10,12,14). The maximum Gasteiger partial charge on any atom is 0.331 e. The molecular formula is C9H12N2O3. The third-order valence-electron chi connectivity index (χ3n) is 2.95. The van der Waals surface area contributed by atoms with Gasteiger partial charge in [0.25, 0.3) is 0 Å². The molecule has 0 aromatic carbocycles. The van der Waals surface area contributed by atoms with Crippen LogP contribution in [0.3, 0.4) is 0 Å². The van der Waals surface area contributed by atoms with Gasteiger partial charge in [0.1, 0.15) is 6.42 Å². The monoisotopic (exact) mass is 196 g/mol. The first kappa shape index (κ1) is 9.18. The van der Waals surface area contributed by atoms with E-state index in [0.29, 0.717) is 5.92 Å². The van der Waals surface area contributed by atoms with Crippen LogP contribution in [0, 0.1) is 5.92 Å². The second-order valence-corrected chi connectivity index (χ2v) is 3.92. The SMILES string of the molecule is CC1CCC1N1C(=O)CC(=O)NC1=O. The first-order valence-electron chi connectivity index (χ1n) is 4.75. The van der Waals surface area contributed by atoms with Gasteiger partial charge >= 0.3 is 6.03 Å². The van der Waals surface area contributed by atoms with Crippen molar-refractivity contribution in [2.45, 2.75) is 32.2 Å². The van der Waals surface area contributed by atoms with Gasteiger partial charge in [0.2, 0.25) is 11.8 Å². The lowest BCUT2D eigenvalue weighted by atomic mass is 9.80. The zero-order chi connectivity index (χ0) is 10.3. The summed E-state index contributed by atoms with van der Waals surface area (Å²) in [6.45, 7) is 2.01. The molecule has 2 fully saturated rings. The quantitative estimate of drug-likeness (QED) is 0.611. The van der Waals surface area contributed by atoms with Gasteiger partial charge in [-0.15, -0.1) is 0 Å². The van der Waals surface area contributed by atoms with Gasteiger partial charge < -0.3 is 0 Å². The van der Waals surface area contributed by atoms with Crippen LogP contribution >= 0.6 is 0 Å². The van der Waals surface area contributed by atoms with Crippen LogP contribution < -0.4 is 5.32 Å². The molecule has 1 aliphatic heterocycles. The van der Waals surface area contributed by atoms with E-state index in [1.54, 1.807) is 0 Å². The topological polar surface area (TPSA) is 66.5 Å². The Morgan fingerprint density at radius 3 is 2.43 bits per heavy atom. The number of hydrogen-bond acceptors (Lipinski definition) is 3. The zero-order valence-corrected chi connectivity index (χ0v) is 7.95. The molecule has 0 aromatic rings. The number of carbonyl (C=O) groups excluding carboxylic acids is 3. The molecule has 2 atom stereocenters. The first-order chi connectivity index (χ1) is 6.59. The van der Waals surface area contributed by atoms with Gasteiger partial charge in [-0.05, 0) is 18.8 Å². The summed E-state index contributed by atoms with van der Waals surface area (Å²) in [6, 6.07) is -0.557. The molecule has 2 rings (SSSR count). The molecule has 0 aromatic heterocycles. The molecule has 0 bridgehead atoms. The van der Waals surface area contributed by atoms with Gasteiger partial charge in [0.05, 0.1) is 0 Å². The number of imide groups is 2. The highest BCUT2D eigenvalue weighted by molar-refractivity contribution is 6.14. The highest BCUT2D eigenvalue weighted by Gasteiger charge is 2.42. The van der Waals surface area contributed by atoms with Crippen LogP contribution in [0.25, 0.3) is 0 Å². The van der Waals surface area contributed by atoms with Crippen molar-refractivity contribution in [2.24, 2.45) is 5.92 Å². The van der Waals surface area contributed by atoms with E-state index >= 15 is 0 Å². The molecule has 4 amide bonds. The average molecular weight is 196 g/mol. The summed E-state index contributed by atoms with van der Waals surface area (Å²) in [7, 11) is 0. The lowest BCUT2D eigenvalue weighted by Gasteiger charge is -2.42. The minimum Gasteiger partial charge on any atom is -0.277 e. The van der Waals surface area contributed by atoms with Crippen LogP contribution in [-0.4, -0.2) is 28.8 Å². The Morgan fingerprint density at radius 2 is 2.00 bits per heavy atom. The third-order valence-corrected chi connectivity index (χ3v) is 2.95. The third kappa shape index (κ3) is 1.29. The van der Waals surface area contributed by atoms with Crippen molar-refractivity contribution in [1.82, 2.24) is 10.2 Å². The van der Waals surface area contributed by atoms with E-state index in [0.717, 1.165) is 12.8 Å². The lowest BCUT2D eigenvalue weighted by Crippen LogP contribution is -2.60. The Bertz CT molecular complexity index is 293. The molecule has 1 saturated heterocycles. The van der Waals surface area contributed by atoms with Crippen molar-refractivity contribution in [3.05, 3.63) is 0 Å². The smallest absolute Gasteiger partial charge is 0.277 e. The van der Waals surface area contributed by atoms with E-state index in [4.69, 9.17) is 0 Å². The van der Waals surface area contributed by atoms with E-state index in [1.165, 1.54) is 4.90 Å². The lowest BCUT2D eigenvalue weighted by molar-refractivity contribution is -0.139. The van der Waals surface area contributed by atoms with Crippen LogP contribution in [0.15, 0.2) is 0 Å². The van der Waals surface area contributed by atoms with Crippen molar-refractivity contribution in [3.8, 4) is 0 Å². The predicted molar refractivity (Wildman–Crippen MR) is 47.2 cm³/mol. The molecule has 1 heterocycles. The van der Waals surface area contributed by atoms with Crippen LogP contribution in [0.2, 0.25) is 0 Å². The number of carbonyl (C=O) groups is 3. The fourth-order valence-electron chi connectivity index (χ4n) is 1.93. The Labute approximate surface area is 81.4 Å². The molecular weight excluding hydrogens is 184 g/mol. The van der Waals surface area contributed by atoms with Crippen LogP contribution in [0.1, 0.15) is 26.2 Å². The number of amides is 4. The molecule has 0 radical (unpaired) electrons.